The number of fused-ring (bicyclic) bond motifs is 1. The lowest BCUT2D eigenvalue weighted by atomic mass is 9.91. The van der Waals surface area contributed by atoms with E-state index in [9.17, 15) is 18.4 Å². The highest BCUT2D eigenvalue weighted by Crippen LogP contribution is 2.40. The summed E-state index contributed by atoms with van der Waals surface area (Å²) in [7, 11) is 0. The van der Waals surface area contributed by atoms with Crippen LogP contribution in [0.3, 0.4) is 0 Å². The van der Waals surface area contributed by atoms with Crippen LogP contribution in [0.2, 0.25) is 0 Å². The van der Waals surface area contributed by atoms with Gasteiger partial charge < -0.3 is 14.5 Å². The number of ether oxygens (including phenoxy) is 1. The molecule has 240 valence electrons. The van der Waals surface area contributed by atoms with Crippen LogP contribution < -0.4 is 4.90 Å². The first-order chi connectivity index (χ1) is 20.7. The van der Waals surface area contributed by atoms with Gasteiger partial charge in [-0.2, -0.15) is 0 Å². The number of hydrogen-bond acceptors (Lipinski definition) is 6. The molecule has 3 atom stereocenters. The Labute approximate surface area is 260 Å². The van der Waals surface area contributed by atoms with Crippen molar-refractivity contribution in [2.45, 2.75) is 90.1 Å². The molecule has 0 radical (unpaired) electrons. The van der Waals surface area contributed by atoms with E-state index in [0.29, 0.717) is 45.6 Å². The van der Waals surface area contributed by atoms with Crippen molar-refractivity contribution in [3.05, 3.63) is 59.2 Å². The molecule has 0 saturated carbocycles. The number of alkyl halides is 1. The standard InChI is InChI=1S/C34H47F2N5O3/c1-23-17-39(28(19-38-13-7-8-27(36)18-38)20-40(23)32(43)44-33(2,3)4)21-30(42)41-22-34(5,6)31-29(41)15-25(16-37-31)14-24-9-11-26(35)12-10-24/h9-12,15-16,23,27-28H,7-8,13-14,17-22H2,1-6H3/t23-,27-,28+/m1/s1. The van der Waals surface area contributed by atoms with Crippen LogP contribution in [0.1, 0.15) is 71.2 Å². The molecule has 2 saturated heterocycles. The second-order valence-corrected chi connectivity index (χ2v) is 14.4. The van der Waals surface area contributed by atoms with Gasteiger partial charge in [-0.3, -0.25) is 19.6 Å². The maximum atomic E-state index is 14.3. The van der Waals surface area contributed by atoms with Crippen LogP contribution >= 0.6 is 0 Å². The van der Waals surface area contributed by atoms with Gasteiger partial charge in [-0.25, -0.2) is 13.6 Å². The normalized spacial score (nSPS) is 24.3. The van der Waals surface area contributed by atoms with E-state index in [1.165, 1.54) is 12.1 Å². The molecular weight excluding hydrogens is 564 g/mol. The first-order valence-corrected chi connectivity index (χ1v) is 15.8. The molecule has 5 rings (SSSR count). The van der Waals surface area contributed by atoms with Crippen LogP contribution in [-0.4, -0.2) is 101 Å². The quantitative estimate of drug-likeness (QED) is 0.449. The van der Waals surface area contributed by atoms with Gasteiger partial charge in [0.15, 0.2) is 0 Å². The second-order valence-electron chi connectivity index (χ2n) is 14.4. The average Bonchev–Trinajstić information content (AvgIpc) is 3.20. The molecular formula is C34H47F2N5O3. The number of pyridine rings is 1. The van der Waals surface area contributed by atoms with Crippen LogP contribution in [0.15, 0.2) is 36.5 Å². The predicted molar refractivity (Wildman–Crippen MR) is 167 cm³/mol. The first kappa shape index (κ1) is 32.3. The van der Waals surface area contributed by atoms with Crippen molar-refractivity contribution in [1.82, 2.24) is 19.7 Å². The monoisotopic (exact) mass is 611 g/mol. The molecule has 2 fully saturated rings. The maximum Gasteiger partial charge on any atom is 0.410 e. The Kier molecular flexibility index (Phi) is 9.33. The summed E-state index contributed by atoms with van der Waals surface area (Å²) in [5, 5.41) is 0. The maximum absolute atomic E-state index is 14.3. The third-order valence-corrected chi connectivity index (χ3v) is 8.87. The Bertz CT molecular complexity index is 1350. The third kappa shape index (κ3) is 7.57. The van der Waals surface area contributed by atoms with Crippen LogP contribution in [0.5, 0.6) is 0 Å². The van der Waals surface area contributed by atoms with Crippen LogP contribution in [0.25, 0.3) is 0 Å². The molecule has 3 aliphatic rings. The minimum Gasteiger partial charge on any atom is -0.444 e. The summed E-state index contributed by atoms with van der Waals surface area (Å²) in [4.78, 5) is 39.9. The summed E-state index contributed by atoms with van der Waals surface area (Å²) in [6.07, 6.45) is 2.59. The lowest BCUT2D eigenvalue weighted by molar-refractivity contribution is -0.121. The number of rotatable bonds is 6. The number of carbonyl (C=O) groups excluding carboxylic acids is 2. The average molecular weight is 612 g/mol. The van der Waals surface area contributed by atoms with Crippen molar-refractivity contribution in [2.75, 3.05) is 50.7 Å². The predicted octanol–water partition coefficient (Wildman–Crippen LogP) is 5.18. The topological polar surface area (TPSA) is 69.2 Å². The molecule has 0 bridgehead atoms. The summed E-state index contributed by atoms with van der Waals surface area (Å²) in [6.45, 7) is 15.1. The molecule has 0 aliphatic carbocycles. The zero-order valence-corrected chi connectivity index (χ0v) is 27.0. The number of hydrogen-bond donors (Lipinski definition) is 0. The fourth-order valence-corrected chi connectivity index (χ4v) is 6.71. The lowest BCUT2D eigenvalue weighted by Gasteiger charge is -2.47. The minimum absolute atomic E-state index is 0.0255. The van der Waals surface area contributed by atoms with Crippen molar-refractivity contribution in [3.63, 3.8) is 0 Å². The Morgan fingerprint density at radius 2 is 1.82 bits per heavy atom. The van der Waals surface area contributed by atoms with Gasteiger partial charge in [-0.1, -0.05) is 26.0 Å². The molecule has 10 heteroatoms. The molecule has 3 aliphatic heterocycles. The zero-order chi connectivity index (χ0) is 31.8. The molecule has 8 nitrogen and oxygen atoms in total. The zero-order valence-electron chi connectivity index (χ0n) is 27.0. The fraction of sp³-hybridized carbons (Fsp3) is 0.618. The number of benzene rings is 1. The van der Waals surface area contributed by atoms with E-state index in [0.717, 1.165) is 35.5 Å². The fourth-order valence-electron chi connectivity index (χ4n) is 6.71. The Balaban J connectivity index is 1.35. The summed E-state index contributed by atoms with van der Waals surface area (Å²) in [5.74, 6) is -0.300. The van der Waals surface area contributed by atoms with Crippen molar-refractivity contribution >= 4 is 17.7 Å². The van der Waals surface area contributed by atoms with Gasteiger partial charge >= 0.3 is 6.09 Å². The van der Waals surface area contributed by atoms with Gasteiger partial charge in [0, 0.05) is 56.4 Å². The summed E-state index contributed by atoms with van der Waals surface area (Å²) < 4.78 is 33.5. The van der Waals surface area contributed by atoms with Gasteiger partial charge in [0.1, 0.15) is 17.6 Å². The molecule has 0 unspecified atom stereocenters. The molecule has 1 aromatic heterocycles. The number of likely N-dealkylation sites (tertiary alicyclic amines) is 1. The molecule has 1 aromatic carbocycles. The van der Waals surface area contributed by atoms with Gasteiger partial charge in [0.05, 0.1) is 17.9 Å². The number of piperidine rings is 1. The van der Waals surface area contributed by atoms with E-state index in [-0.39, 0.29) is 41.9 Å². The van der Waals surface area contributed by atoms with E-state index >= 15 is 0 Å². The minimum atomic E-state index is -0.858. The number of piperazine rings is 1. The molecule has 4 heterocycles. The number of amides is 2. The van der Waals surface area contributed by atoms with Gasteiger partial charge in [0.25, 0.3) is 0 Å². The van der Waals surface area contributed by atoms with Crippen molar-refractivity contribution in [1.29, 1.82) is 0 Å². The molecule has 44 heavy (non-hydrogen) atoms. The molecule has 2 aromatic rings. The Hall–Kier alpha value is -3.11. The summed E-state index contributed by atoms with van der Waals surface area (Å²) >= 11 is 0. The number of aromatic nitrogens is 1. The highest BCUT2D eigenvalue weighted by atomic mass is 19.1. The van der Waals surface area contributed by atoms with Crippen LogP contribution in [0, 0.1) is 5.82 Å². The van der Waals surface area contributed by atoms with Gasteiger partial charge in [0.2, 0.25) is 5.91 Å². The third-order valence-electron chi connectivity index (χ3n) is 8.87. The van der Waals surface area contributed by atoms with E-state index in [1.54, 1.807) is 17.0 Å². The van der Waals surface area contributed by atoms with Gasteiger partial charge in [-0.05, 0) is 82.8 Å². The second kappa shape index (κ2) is 12.7. The molecule has 0 N–H and O–H groups in total. The number of carbonyl (C=O) groups is 2. The highest BCUT2D eigenvalue weighted by Gasteiger charge is 2.42. The Morgan fingerprint density at radius 1 is 1.09 bits per heavy atom. The van der Waals surface area contributed by atoms with Crippen LogP contribution in [0.4, 0.5) is 19.3 Å². The summed E-state index contributed by atoms with van der Waals surface area (Å²) in [5.41, 5.74) is 2.69. The van der Waals surface area contributed by atoms with Crippen molar-refractivity contribution in [2.24, 2.45) is 0 Å². The number of halogens is 2. The smallest absolute Gasteiger partial charge is 0.410 e. The SMILES string of the molecule is C[C@@H]1CN(CC(=O)N2CC(C)(C)c3ncc(Cc4ccc(F)cc4)cc32)[C@@H](CN2CCC[C@@H](F)C2)CN1C(=O)OC(C)(C)C. The largest absolute Gasteiger partial charge is 0.444 e. The van der Waals surface area contributed by atoms with E-state index in [1.807, 2.05) is 44.9 Å². The number of nitrogens with zero attached hydrogens (tertiary/aromatic N) is 5. The summed E-state index contributed by atoms with van der Waals surface area (Å²) in [6, 6.07) is 8.16. The lowest BCUT2D eigenvalue weighted by Crippen LogP contribution is -2.63. The molecule has 0 spiro atoms. The van der Waals surface area contributed by atoms with E-state index in [2.05, 4.69) is 23.6 Å². The first-order valence-electron chi connectivity index (χ1n) is 15.8. The van der Waals surface area contributed by atoms with Crippen molar-refractivity contribution < 1.29 is 23.1 Å². The van der Waals surface area contributed by atoms with Crippen LogP contribution in [-0.2, 0) is 21.4 Å². The van der Waals surface area contributed by atoms with Crippen molar-refractivity contribution in [3.8, 4) is 0 Å². The van der Waals surface area contributed by atoms with E-state index < -0.39 is 11.8 Å². The van der Waals surface area contributed by atoms with Gasteiger partial charge in [-0.15, -0.1) is 0 Å². The Morgan fingerprint density at radius 3 is 2.50 bits per heavy atom. The van der Waals surface area contributed by atoms with E-state index in [4.69, 9.17) is 9.72 Å². The number of anilines is 1. The highest BCUT2D eigenvalue weighted by molar-refractivity contribution is 5.97. The molecule has 2 amide bonds.